The molecule has 2 aromatic rings. The molecule has 1 aromatic heterocycles. The molecule has 1 N–H and O–H groups in total. The van der Waals surface area contributed by atoms with Crippen molar-refractivity contribution in [3.63, 3.8) is 0 Å². The first-order chi connectivity index (χ1) is 12.5. The predicted molar refractivity (Wildman–Crippen MR) is 99.1 cm³/mol. The summed E-state index contributed by atoms with van der Waals surface area (Å²) in [6, 6.07) is 9.42. The van der Waals surface area contributed by atoms with Crippen molar-refractivity contribution < 1.29 is 4.79 Å². The van der Waals surface area contributed by atoms with Crippen LogP contribution in [0.15, 0.2) is 29.4 Å². The number of benzene rings is 1. The molecule has 1 atom stereocenters. The number of amides is 1. The second kappa shape index (κ2) is 8.06. The number of hydrogen-bond donors (Lipinski definition) is 1. The van der Waals surface area contributed by atoms with Gasteiger partial charge in [0.15, 0.2) is 0 Å². The molecule has 0 unspecified atom stereocenters. The van der Waals surface area contributed by atoms with Gasteiger partial charge in [-0.15, -0.1) is 5.10 Å². The Balaban J connectivity index is 1.69. The minimum absolute atomic E-state index is 0.177. The number of thioether (sulfide) groups is 1. The number of nitriles is 1. The molecule has 1 heterocycles. The van der Waals surface area contributed by atoms with Crippen molar-refractivity contribution in [3.8, 4) is 11.8 Å². The molecule has 0 spiro atoms. The van der Waals surface area contributed by atoms with Gasteiger partial charge in [0.1, 0.15) is 5.54 Å². The van der Waals surface area contributed by atoms with E-state index in [2.05, 4.69) is 26.9 Å². The second-order valence-electron chi connectivity index (χ2n) is 6.35. The van der Waals surface area contributed by atoms with Gasteiger partial charge < -0.3 is 5.32 Å². The number of carbonyl (C=O) groups is 1. The first kappa shape index (κ1) is 18.7. The lowest BCUT2D eigenvalue weighted by Crippen LogP contribution is -2.50. The lowest BCUT2D eigenvalue weighted by molar-refractivity contribution is -0.121. The maximum absolute atomic E-state index is 12.6. The minimum atomic E-state index is -0.744. The van der Waals surface area contributed by atoms with E-state index in [-0.39, 0.29) is 5.91 Å². The largest absolute Gasteiger partial charge is 0.337 e. The normalized spacial score (nSPS) is 17.3. The Morgan fingerprint density at radius 3 is 2.69 bits per heavy atom. The van der Waals surface area contributed by atoms with Crippen LogP contribution >= 0.6 is 23.4 Å². The van der Waals surface area contributed by atoms with Crippen LogP contribution < -0.4 is 5.32 Å². The van der Waals surface area contributed by atoms with Gasteiger partial charge in [-0.2, -0.15) is 9.94 Å². The number of tetrazole rings is 1. The van der Waals surface area contributed by atoms with Gasteiger partial charge in [0.05, 0.1) is 17.0 Å². The van der Waals surface area contributed by atoms with Gasteiger partial charge >= 0.3 is 0 Å². The van der Waals surface area contributed by atoms with Gasteiger partial charge in [-0.05, 0) is 54.5 Å². The third-order valence-corrected chi connectivity index (χ3v) is 5.73. The van der Waals surface area contributed by atoms with Crippen molar-refractivity contribution in [2.45, 2.75) is 55.0 Å². The van der Waals surface area contributed by atoms with Crippen molar-refractivity contribution in [1.29, 1.82) is 5.26 Å². The Morgan fingerprint density at radius 1 is 1.35 bits per heavy atom. The molecule has 0 saturated heterocycles. The molecule has 1 aliphatic carbocycles. The Bertz CT molecular complexity index is 809. The van der Waals surface area contributed by atoms with Gasteiger partial charge in [-0.1, -0.05) is 42.6 Å². The summed E-state index contributed by atoms with van der Waals surface area (Å²) in [6.45, 7) is 1.79. The zero-order valence-electron chi connectivity index (χ0n) is 14.4. The molecule has 1 amide bonds. The Morgan fingerprint density at radius 2 is 2.04 bits per heavy atom. The first-order valence-corrected chi connectivity index (χ1v) is 9.73. The van der Waals surface area contributed by atoms with Gasteiger partial charge in [0.2, 0.25) is 11.1 Å². The molecule has 136 valence electrons. The molecule has 3 rings (SSSR count). The van der Waals surface area contributed by atoms with E-state index >= 15 is 0 Å². The third-order valence-electron chi connectivity index (χ3n) is 4.45. The van der Waals surface area contributed by atoms with Crippen LogP contribution in [0.2, 0.25) is 5.02 Å². The minimum Gasteiger partial charge on any atom is -0.337 e. The highest BCUT2D eigenvalue weighted by molar-refractivity contribution is 8.00. The summed E-state index contributed by atoms with van der Waals surface area (Å²) in [6.07, 6.45) is 4.44. The van der Waals surface area contributed by atoms with Crippen LogP contribution in [-0.2, 0) is 4.79 Å². The monoisotopic (exact) mass is 390 g/mol. The van der Waals surface area contributed by atoms with E-state index in [1.54, 1.807) is 35.9 Å². The molecular formula is C17H19ClN6OS. The van der Waals surface area contributed by atoms with Crippen molar-refractivity contribution in [2.75, 3.05) is 0 Å². The summed E-state index contributed by atoms with van der Waals surface area (Å²) >= 11 is 7.17. The van der Waals surface area contributed by atoms with Crippen molar-refractivity contribution in [2.24, 2.45) is 0 Å². The van der Waals surface area contributed by atoms with Crippen LogP contribution in [0.4, 0.5) is 0 Å². The average Bonchev–Trinajstić information content (AvgIpc) is 3.11. The molecular weight excluding hydrogens is 372 g/mol. The number of nitrogens with zero attached hydrogens (tertiary/aromatic N) is 5. The van der Waals surface area contributed by atoms with Gasteiger partial charge in [-0.25, -0.2) is 0 Å². The standard InChI is InChI=1S/C17H19ClN6OS/c1-12(15(25)20-17(11-19)9-3-2-4-10-17)26-16-21-22-23-24(16)14-7-5-13(18)6-8-14/h5-8,12H,2-4,9-10H2,1H3,(H,20,25)/t12-/m1/s1. The zero-order chi connectivity index (χ0) is 18.6. The number of hydrogen-bond acceptors (Lipinski definition) is 6. The van der Waals surface area contributed by atoms with Gasteiger partial charge in [0, 0.05) is 5.02 Å². The van der Waals surface area contributed by atoms with E-state index in [0.29, 0.717) is 23.0 Å². The molecule has 1 saturated carbocycles. The van der Waals surface area contributed by atoms with Crippen LogP contribution in [0, 0.1) is 11.3 Å². The van der Waals surface area contributed by atoms with E-state index in [1.165, 1.54) is 11.8 Å². The van der Waals surface area contributed by atoms with Crippen LogP contribution in [0.25, 0.3) is 5.69 Å². The first-order valence-electron chi connectivity index (χ1n) is 8.47. The van der Waals surface area contributed by atoms with Crippen LogP contribution in [0.5, 0.6) is 0 Å². The fourth-order valence-corrected chi connectivity index (χ4v) is 3.90. The maximum atomic E-state index is 12.6. The quantitative estimate of drug-likeness (QED) is 0.788. The Kier molecular flexibility index (Phi) is 5.79. The molecule has 1 aliphatic rings. The van der Waals surface area contributed by atoms with Gasteiger partial charge in [0.25, 0.3) is 0 Å². The lowest BCUT2D eigenvalue weighted by atomic mass is 9.83. The summed E-state index contributed by atoms with van der Waals surface area (Å²) in [5.74, 6) is -0.177. The lowest BCUT2D eigenvalue weighted by Gasteiger charge is -2.32. The molecule has 0 radical (unpaired) electrons. The highest BCUT2D eigenvalue weighted by Crippen LogP contribution is 2.29. The number of rotatable bonds is 5. The van der Waals surface area contributed by atoms with E-state index in [1.807, 2.05) is 0 Å². The number of aromatic nitrogens is 4. The van der Waals surface area contributed by atoms with Crippen molar-refractivity contribution in [3.05, 3.63) is 29.3 Å². The van der Waals surface area contributed by atoms with Gasteiger partial charge in [-0.3, -0.25) is 4.79 Å². The maximum Gasteiger partial charge on any atom is 0.234 e. The predicted octanol–water partition coefficient (Wildman–Crippen LogP) is 3.14. The smallest absolute Gasteiger partial charge is 0.234 e. The fourth-order valence-electron chi connectivity index (χ4n) is 2.97. The number of carbonyl (C=O) groups excluding carboxylic acids is 1. The SMILES string of the molecule is C[C@@H](Sc1nnnn1-c1ccc(Cl)cc1)C(=O)NC1(C#N)CCCCC1. The number of halogens is 1. The summed E-state index contributed by atoms with van der Waals surface area (Å²) in [7, 11) is 0. The highest BCUT2D eigenvalue weighted by Gasteiger charge is 2.35. The van der Waals surface area contributed by atoms with E-state index < -0.39 is 10.8 Å². The molecule has 26 heavy (non-hydrogen) atoms. The molecule has 1 fully saturated rings. The van der Waals surface area contributed by atoms with E-state index in [4.69, 9.17) is 11.6 Å². The Hall–Kier alpha value is -2.11. The molecule has 7 nitrogen and oxygen atoms in total. The highest BCUT2D eigenvalue weighted by atomic mass is 35.5. The van der Waals surface area contributed by atoms with Crippen LogP contribution in [-0.4, -0.2) is 36.9 Å². The van der Waals surface area contributed by atoms with Crippen LogP contribution in [0.1, 0.15) is 39.0 Å². The molecule has 0 aliphatic heterocycles. The van der Waals surface area contributed by atoms with Crippen LogP contribution in [0.3, 0.4) is 0 Å². The van der Waals surface area contributed by atoms with E-state index in [0.717, 1.165) is 24.9 Å². The topological polar surface area (TPSA) is 96.5 Å². The zero-order valence-corrected chi connectivity index (χ0v) is 15.9. The molecule has 9 heteroatoms. The number of nitrogens with one attached hydrogen (secondary N) is 1. The van der Waals surface area contributed by atoms with Crippen molar-refractivity contribution in [1.82, 2.24) is 25.5 Å². The molecule has 0 bridgehead atoms. The average molecular weight is 391 g/mol. The summed E-state index contributed by atoms with van der Waals surface area (Å²) in [5.41, 5.74) is 0.0157. The van der Waals surface area contributed by atoms with E-state index in [9.17, 15) is 10.1 Å². The summed E-state index contributed by atoms with van der Waals surface area (Å²) < 4.78 is 1.56. The summed E-state index contributed by atoms with van der Waals surface area (Å²) in [5, 5.41) is 24.9. The second-order valence-corrected chi connectivity index (χ2v) is 8.10. The fraction of sp³-hybridized carbons (Fsp3) is 0.471. The van der Waals surface area contributed by atoms with Crippen molar-refractivity contribution >= 4 is 29.3 Å². The third kappa shape index (κ3) is 4.17. The summed E-state index contributed by atoms with van der Waals surface area (Å²) in [4.78, 5) is 12.6. The Labute approximate surface area is 161 Å². The molecule has 1 aromatic carbocycles.